The van der Waals surface area contributed by atoms with E-state index in [9.17, 15) is 0 Å². The molecule has 96 valence electrons. The van der Waals surface area contributed by atoms with E-state index in [1.807, 2.05) is 30.0 Å². The summed E-state index contributed by atoms with van der Waals surface area (Å²) < 4.78 is 0. The van der Waals surface area contributed by atoms with Crippen molar-refractivity contribution in [2.45, 2.75) is 31.1 Å². The highest BCUT2D eigenvalue weighted by Crippen LogP contribution is 2.22. The number of hydrogen-bond donors (Lipinski definition) is 0. The van der Waals surface area contributed by atoms with Gasteiger partial charge in [-0.25, -0.2) is 0 Å². The first kappa shape index (κ1) is 13.5. The fraction of sp³-hybridized carbons (Fsp3) is 0.533. The van der Waals surface area contributed by atoms with Crippen LogP contribution >= 0.6 is 11.8 Å². The third-order valence-electron chi connectivity index (χ3n) is 3.56. The highest BCUT2D eigenvalue weighted by atomic mass is 32.2. The van der Waals surface area contributed by atoms with Crippen molar-refractivity contribution >= 4 is 11.8 Å². The minimum atomic E-state index is 0.768. The van der Waals surface area contributed by atoms with Crippen molar-refractivity contribution in [3.05, 3.63) is 35.4 Å². The normalized spacial score (nSPS) is 21.2. The van der Waals surface area contributed by atoms with Crippen LogP contribution in [-0.4, -0.2) is 29.5 Å². The minimum Gasteiger partial charge on any atom is -0.299 e. The van der Waals surface area contributed by atoms with E-state index in [2.05, 4.69) is 23.3 Å². The van der Waals surface area contributed by atoms with Crippen molar-refractivity contribution in [1.29, 1.82) is 5.26 Å². The number of thioether (sulfide) groups is 1. The van der Waals surface area contributed by atoms with Crippen molar-refractivity contribution < 1.29 is 0 Å². The maximum Gasteiger partial charge on any atom is 0.0991 e. The first-order valence-electron chi connectivity index (χ1n) is 6.56. The summed E-state index contributed by atoms with van der Waals surface area (Å²) in [7, 11) is 0. The zero-order valence-corrected chi connectivity index (χ0v) is 11.7. The van der Waals surface area contributed by atoms with Crippen LogP contribution < -0.4 is 0 Å². The molecule has 1 unspecified atom stereocenters. The molecule has 2 rings (SSSR count). The SMILES string of the molecule is CSC1CCCN(Cc2cccc(C#N)c2)CC1. The van der Waals surface area contributed by atoms with Crippen LogP contribution in [0.1, 0.15) is 30.4 Å². The molecule has 1 aliphatic rings. The van der Waals surface area contributed by atoms with Crippen molar-refractivity contribution in [3.63, 3.8) is 0 Å². The summed E-state index contributed by atoms with van der Waals surface area (Å²) in [5, 5.41) is 9.75. The molecule has 1 heterocycles. The first-order chi connectivity index (χ1) is 8.81. The Balaban J connectivity index is 1.94. The van der Waals surface area contributed by atoms with Crippen molar-refractivity contribution in [3.8, 4) is 6.07 Å². The lowest BCUT2D eigenvalue weighted by Gasteiger charge is -2.20. The average molecular weight is 260 g/mol. The molecule has 0 aliphatic carbocycles. The molecule has 2 nitrogen and oxygen atoms in total. The lowest BCUT2D eigenvalue weighted by molar-refractivity contribution is 0.277. The summed E-state index contributed by atoms with van der Waals surface area (Å²) >= 11 is 2.00. The Bertz CT molecular complexity index is 425. The largest absolute Gasteiger partial charge is 0.299 e. The van der Waals surface area contributed by atoms with Crippen molar-refractivity contribution in [2.75, 3.05) is 19.3 Å². The van der Waals surface area contributed by atoms with Gasteiger partial charge in [0.25, 0.3) is 0 Å². The number of benzene rings is 1. The second-order valence-electron chi connectivity index (χ2n) is 4.88. The van der Waals surface area contributed by atoms with E-state index < -0.39 is 0 Å². The molecular formula is C15H20N2S. The van der Waals surface area contributed by atoms with Crippen LogP contribution in [0.3, 0.4) is 0 Å². The molecule has 0 amide bonds. The van der Waals surface area contributed by atoms with Gasteiger partial charge in [0.15, 0.2) is 0 Å². The van der Waals surface area contributed by atoms with Gasteiger partial charge >= 0.3 is 0 Å². The summed E-state index contributed by atoms with van der Waals surface area (Å²) in [5.41, 5.74) is 2.03. The van der Waals surface area contributed by atoms with E-state index in [0.717, 1.165) is 17.4 Å². The van der Waals surface area contributed by atoms with E-state index in [1.165, 1.54) is 37.9 Å². The average Bonchev–Trinajstić information content (AvgIpc) is 2.64. The van der Waals surface area contributed by atoms with Gasteiger partial charge in [0.1, 0.15) is 0 Å². The molecule has 1 fully saturated rings. The predicted molar refractivity (Wildman–Crippen MR) is 77.6 cm³/mol. The van der Waals surface area contributed by atoms with Crippen LogP contribution in [0, 0.1) is 11.3 Å². The van der Waals surface area contributed by atoms with Gasteiger partial charge < -0.3 is 0 Å². The number of rotatable bonds is 3. The van der Waals surface area contributed by atoms with Gasteiger partial charge in [0, 0.05) is 11.8 Å². The third-order valence-corrected chi connectivity index (χ3v) is 4.70. The van der Waals surface area contributed by atoms with E-state index in [1.54, 1.807) is 0 Å². The van der Waals surface area contributed by atoms with Gasteiger partial charge in [-0.1, -0.05) is 12.1 Å². The molecule has 1 saturated heterocycles. The lowest BCUT2D eigenvalue weighted by atomic mass is 10.1. The molecule has 0 saturated carbocycles. The fourth-order valence-electron chi connectivity index (χ4n) is 2.52. The second-order valence-corrected chi connectivity index (χ2v) is 6.02. The van der Waals surface area contributed by atoms with Crippen LogP contribution in [-0.2, 0) is 6.54 Å². The van der Waals surface area contributed by atoms with Crippen LogP contribution in [0.4, 0.5) is 0 Å². The molecule has 0 radical (unpaired) electrons. The summed E-state index contributed by atoms with van der Waals surface area (Å²) in [6.07, 6.45) is 6.15. The van der Waals surface area contributed by atoms with E-state index >= 15 is 0 Å². The van der Waals surface area contributed by atoms with Crippen LogP contribution in [0.5, 0.6) is 0 Å². The summed E-state index contributed by atoms with van der Waals surface area (Å²) in [4.78, 5) is 2.52. The number of nitrogens with zero attached hydrogens (tertiary/aromatic N) is 2. The van der Waals surface area contributed by atoms with E-state index in [-0.39, 0.29) is 0 Å². The van der Waals surface area contributed by atoms with Crippen LogP contribution in [0.25, 0.3) is 0 Å². The maximum absolute atomic E-state index is 8.91. The second kappa shape index (κ2) is 6.82. The van der Waals surface area contributed by atoms with E-state index in [0.29, 0.717) is 0 Å². The molecule has 0 N–H and O–H groups in total. The van der Waals surface area contributed by atoms with E-state index in [4.69, 9.17) is 5.26 Å². The molecular weight excluding hydrogens is 240 g/mol. The van der Waals surface area contributed by atoms with Crippen LogP contribution in [0.15, 0.2) is 24.3 Å². The monoisotopic (exact) mass is 260 g/mol. The predicted octanol–water partition coefficient (Wildman–Crippen LogP) is 3.28. The van der Waals surface area contributed by atoms with Crippen LogP contribution in [0.2, 0.25) is 0 Å². The Morgan fingerprint density at radius 1 is 1.39 bits per heavy atom. The molecule has 1 aliphatic heterocycles. The molecule has 0 spiro atoms. The van der Waals surface area contributed by atoms with Gasteiger partial charge in [-0.05, 0) is 56.3 Å². The topological polar surface area (TPSA) is 27.0 Å². The van der Waals surface area contributed by atoms with Gasteiger partial charge in [0.05, 0.1) is 11.6 Å². The molecule has 18 heavy (non-hydrogen) atoms. The molecule has 0 bridgehead atoms. The Hall–Kier alpha value is -0.980. The Labute approximate surface area is 114 Å². The smallest absolute Gasteiger partial charge is 0.0991 e. The Morgan fingerprint density at radius 2 is 2.28 bits per heavy atom. The fourth-order valence-corrected chi connectivity index (χ4v) is 3.26. The maximum atomic E-state index is 8.91. The molecule has 1 aromatic rings. The number of hydrogen-bond acceptors (Lipinski definition) is 3. The highest BCUT2D eigenvalue weighted by Gasteiger charge is 2.16. The molecule has 1 atom stereocenters. The zero-order chi connectivity index (χ0) is 12.8. The Morgan fingerprint density at radius 3 is 3.06 bits per heavy atom. The minimum absolute atomic E-state index is 0.768. The number of likely N-dealkylation sites (tertiary alicyclic amines) is 1. The zero-order valence-electron chi connectivity index (χ0n) is 10.9. The summed E-state index contributed by atoms with van der Waals surface area (Å²) in [6.45, 7) is 3.35. The van der Waals surface area contributed by atoms with Crippen molar-refractivity contribution in [2.24, 2.45) is 0 Å². The Kier molecular flexibility index (Phi) is 5.10. The molecule has 3 heteroatoms. The van der Waals surface area contributed by atoms with Gasteiger partial charge in [-0.3, -0.25) is 4.90 Å². The van der Waals surface area contributed by atoms with Gasteiger partial charge in [-0.2, -0.15) is 17.0 Å². The standard InChI is InChI=1S/C15H20N2S/c1-18-15-6-3-8-17(9-7-15)12-14-5-2-4-13(10-14)11-16/h2,4-5,10,15H,3,6-9,12H2,1H3. The first-order valence-corrected chi connectivity index (χ1v) is 7.85. The van der Waals surface area contributed by atoms with Crippen molar-refractivity contribution in [1.82, 2.24) is 4.90 Å². The highest BCUT2D eigenvalue weighted by molar-refractivity contribution is 7.99. The molecule has 1 aromatic carbocycles. The van der Waals surface area contributed by atoms with Gasteiger partial charge in [0.2, 0.25) is 0 Å². The lowest BCUT2D eigenvalue weighted by Crippen LogP contribution is -2.24. The summed E-state index contributed by atoms with van der Waals surface area (Å²) in [6, 6.07) is 10.2. The summed E-state index contributed by atoms with van der Waals surface area (Å²) in [5.74, 6) is 0. The number of nitriles is 1. The third kappa shape index (κ3) is 3.76. The van der Waals surface area contributed by atoms with Gasteiger partial charge in [-0.15, -0.1) is 0 Å². The molecule has 0 aromatic heterocycles. The quantitative estimate of drug-likeness (QED) is 0.834.